The van der Waals surface area contributed by atoms with Crippen molar-refractivity contribution in [2.24, 2.45) is 0 Å². The topological polar surface area (TPSA) is 43.1 Å². The van der Waals surface area contributed by atoms with E-state index in [1.165, 1.54) is 0 Å². The van der Waals surface area contributed by atoms with E-state index in [-0.39, 0.29) is 6.61 Å². The monoisotopic (exact) mass is 139 g/mol. The molecule has 0 amide bonds. The molecule has 0 heterocycles. The summed E-state index contributed by atoms with van der Waals surface area (Å²) in [4.78, 5) is 0. The summed E-state index contributed by atoms with van der Waals surface area (Å²) in [6.45, 7) is 0.0318. The molecule has 0 fully saturated rings. The number of hydrogen-bond donors (Lipinski definition) is 1. The molecule has 2 heteroatoms. The first kappa shape index (κ1) is 7.25. The lowest BCUT2D eigenvalue weighted by Crippen LogP contribution is -2.01. The van der Waals surface area contributed by atoms with E-state index in [4.69, 9.17) is 10.2 Å². The van der Waals surface area contributed by atoms with Crippen LogP contribution in [-0.2, 0) is 0 Å². The van der Waals surface area contributed by atoms with Gasteiger partial charge in [-0.15, -0.1) is 0 Å². The van der Waals surface area contributed by atoms with E-state index in [9.17, 15) is 0 Å². The largest absolute Gasteiger partial charge is 0.443 e. The number of hydrogen-bond acceptors (Lipinski definition) is 1. The van der Waals surface area contributed by atoms with Crippen LogP contribution in [0.25, 0.3) is 0 Å². The average Bonchev–Trinajstić information content (AvgIpc) is 2.05. The molecule has 0 aliphatic rings. The van der Waals surface area contributed by atoms with E-state index < -0.39 is 6.10 Å². The number of rotatable bonds is 2. The van der Waals surface area contributed by atoms with Gasteiger partial charge in [0.2, 0.25) is 0 Å². The maximum Gasteiger partial charge on any atom is 0.174 e. The zero-order chi connectivity index (χ0) is 7.40. The van der Waals surface area contributed by atoms with Crippen molar-refractivity contribution in [3.8, 4) is 0 Å². The summed E-state index contributed by atoms with van der Waals surface area (Å²) in [5.41, 5.74) is 0.817. The average molecular weight is 139 g/mol. The molecule has 10 heavy (non-hydrogen) atoms. The Hall–Kier alpha value is -0.860. The van der Waals surface area contributed by atoms with Gasteiger partial charge in [0, 0.05) is 0 Å². The minimum absolute atomic E-state index is 0.0318. The molecule has 0 aliphatic heterocycles. The predicted molar refractivity (Wildman–Crippen MR) is 39.9 cm³/mol. The Kier molecular flexibility index (Phi) is 2.42. The van der Waals surface area contributed by atoms with E-state index >= 15 is 0 Å². The third kappa shape index (κ3) is 1.56. The van der Waals surface area contributed by atoms with Crippen LogP contribution in [0.2, 0.25) is 0 Å². The van der Waals surface area contributed by atoms with Gasteiger partial charge in [-0.1, -0.05) is 30.3 Å². The van der Waals surface area contributed by atoms with E-state index in [1.807, 2.05) is 30.3 Å². The van der Waals surface area contributed by atoms with Gasteiger partial charge in [-0.2, -0.15) is 0 Å². The lowest BCUT2D eigenvalue weighted by Gasteiger charge is -2.02. The highest BCUT2D eigenvalue weighted by atomic mass is 16.3. The summed E-state index contributed by atoms with van der Waals surface area (Å²) >= 11 is 0. The van der Waals surface area contributed by atoms with Crippen LogP contribution >= 0.6 is 0 Å². The first-order valence-electron chi connectivity index (χ1n) is 3.22. The Morgan fingerprint density at radius 3 is 2.40 bits per heavy atom. The first-order valence-corrected chi connectivity index (χ1v) is 3.22. The third-order valence-electron chi connectivity index (χ3n) is 1.38. The van der Waals surface area contributed by atoms with Gasteiger partial charge < -0.3 is 10.2 Å². The minimum atomic E-state index is -0.624. The molecule has 0 aliphatic carbocycles. The molecule has 0 bridgehead atoms. The second-order valence-corrected chi connectivity index (χ2v) is 2.13. The van der Waals surface area contributed by atoms with Crippen molar-refractivity contribution in [2.75, 3.05) is 6.61 Å². The van der Waals surface area contributed by atoms with Crippen LogP contribution in [0.3, 0.4) is 0 Å². The summed E-state index contributed by atoms with van der Waals surface area (Å²) in [5.74, 6) is 0. The molecule has 0 saturated heterocycles. The van der Waals surface area contributed by atoms with Crippen LogP contribution in [0, 0.1) is 0 Å². The van der Waals surface area contributed by atoms with Gasteiger partial charge in [0.15, 0.2) is 6.61 Å². The van der Waals surface area contributed by atoms with Gasteiger partial charge in [-0.05, 0) is 5.56 Å². The molecule has 1 rings (SSSR count). The molecule has 1 unspecified atom stereocenters. The molecule has 2 nitrogen and oxygen atoms in total. The van der Waals surface area contributed by atoms with Crippen molar-refractivity contribution < 1.29 is 10.2 Å². The van der Waals surface area contributed by atoms with Crippen LogP contribution in [-0.4, -0.2) is 16.8 Å². The Labute approximate surface area is 59.7 Å². The van der Waals surface area contributed by atoms with Gasteiger partial charge in [0.1, 0.15) is 6.10 Å². The molecule has 0 aromatic heterocycles. The number of benzene rings is 1. The molecule has 1 atom stereocenters. The van der Waals surface area contributed by atoms with Crippen molar-refractivity contribution >= 4 is 0 Å². The molecule has 1 aromatic carbocycles. The highest BCUT2D eigenvalue weighted by molar-refractivity contribution is 5.16. The van der Waals surface area contributed by atoms with Gasteiger partial charge >= 0.3 is 0 Å². The van der Waals surface area contributed by atoms with E-state index in [1.54, 1.807) is 0 Å². The van der Waals surface area contributed by atoms with Gasteiger partial charge in [-0.3, -0.25) is 0 Å². The molecule has 54 valence electrons. The molecule has 1 aromatic rings. The van der Waals surface area contributed by atoms with Crippen molar-refractivity contribution in [2.45, 2.75) is 6.10 Å². The Morgan fingerprint density at radius 2 is 1.90 bits per heavy atom. The van der Waals surface area contributed by atoms with Gasteiger partial charge in [-0.25, -0.2) is 0 Å². The zero-order valence-corrected chi connectivity index (χ0v) is 5.62. The second-order valence-electron chi connectivity index (χ2n) is 2.13. The fourth-order valence-corrected chi connectivity index (χ4v) is 0.793. The third-order valence-corrected chi connectivity index (χ3v) is 1.38. The number of aliphatic hydroxyl groups excluding tert-OH is 1. The van der Waals surface area contributed by atoms with Crippen LogP contribution < -0.4 is 0 Å². The van der Waals surface area contributed by atoms with Crippen molar-refractivity contribution in [3.63, 3.8) is 0 Å². The molecule has 0 radical (unpaired) electrons. The summed E-state index contributed by atoms with van der Waals surface area (Å²) in [6.07, 6.45) is -0.624. The maximum absolute atomic E-state index is 9.14. The highest BCUT2D eigenvalue weighted by Crippen LogP contribution is 2.09. The summed E-state index contributed by atoms with van der Waals surface area (Å²) < 4.78 is 0. The Balaban J connectivity index is 2.75. The smallest absolute Gasteiger partial charge is 0.174 e. The molecule has 0 saturated carbocycles. The van der Waals surface area contributed by atoms with Crippen molar-refractivity contribution in [1.82, 2.24) is 0 Å². The lowest BCUT2D eigenvalue weighted by atomic mass is 10.1. The second kappa shape index (κ2) is 3.34. The quantitative estimate of drug-likeness (QED) is 0.594. The van der Waals surface area contributed by atoms with E-state index in [0.717, 1.165) is 5.56 Å². The highest BCUT2D eigenvalue weighted by Gasteiger charge is 2.05. The standard InChI is InChI=1S/C8H10O2/c9-6-8(10)7-4-2-1-3-5-7/h1-5,8-10H,6H2/p+1. The molecule has 3 N–H and O–H groups in total. The Morgan fingerprint density at radius 1 is 1.30 bits per heavy atom. The normalized spacial score (nSPS) is 13.0. The van der Waals surface area contributed by atoms with Crippen molar-refractivity contribution in [3.05, 3.63) is 35.9 Å². The van der Waals surface area contributed by atoms with Crippen LogP contribution in [0.4, 0.5) is 0 Å². The van der Waals surface area contributed by atoms with Crippen molar-refractivity contribution in [1.29, 1.82) is 0 Å². The fourth-order valence-electron chi connectivity index (χ4n) is 0.793. The first-order chi connectivity index (χ1) is 4.84. The van der Waals surface area contributed by atoms with Crippen LogP contribution in [0.5, 0.6) is 0 Å². The fraction of sp³-hybridized carbons (Fsp3) is 0.250. The predicted octanol–water partition coefficient (Wildman–Crippen LogP) is 0.445. The Bertz CT molecular complexity index is 184. The molecular weight excluding hydrogens is 128 g/mol. The minimum Gasteiger partial charge on any atom is -0.443 e. The molecule has 0 spiro atoms. The summed E-state index contributed by atoms with van der Waals surface area (Å²) in [5, 5.41) is 16.0. The zero-order valence-electron chi connectivity index (χ0n) is 5.62. The van der Waals surface area contributed by atoms with Crippen LogP contribution in [0.15, 0.2) is 30.3 Å². The lowest BCUT2D eigenvalue weighted by molar-refractivity contribution is 0.0956. The summed E-state index contributed by atoms with van der Waals surface area (Å²) in [6, 6.07) is 9.24. The van der Waals surface area contributed by atoms with Gasteiger partial charge in [0.25, 0.3) is 0 Å². The summed E-state index contributed by atoms with van der Waals surface area (Å²) in [7, 11) is 0. The maximum atomic E-state index is 9.14. The molecular formula is C8H11O2+. The van der Waals surface area contributed by atoms with E-state index in [0.29, 0.717) is 0 Å². The van der Waals surface area contributed by atoms with Crippen LogP contribution in [0.1, 0.15) is 11.7 Å². The van der Waals surface area contributed by atoms with E-state index in [2.05, 4.69) is 0 Å². The SMILES string of the molecule is OC(C[OH2+])c1ccccc1. The van der Waals surface area contributed by atoms with Gasteiger partial charge in [0.05, 0.1) is 0 Å². The number of aliphatic hydroxyl groups is 1.